The molecule has 0 N–H and O–H groups in total. The summed E-state index contributed by atoms with van der Waals surface area (Å²) in [6.45, 7) is 1.46. The third-order valence-corrected chi connectivity index (χ3v) is 6.17. The van der Waals surface area contributed by atoms with Crippen LogP contribution >= 0.6 is 23.2 Å². The summed E-state index contributed by atoms with van der Waals surface area (Å²) < 4.78 is 16.0. The van der Waals surface area contributed by atoms with E-state index in [1.54, 1.807) is 24.0 Å². The number of hydrogen-bond donors (Lipinski definition) is 0. The molecule has 2 aliphatic rings. The monoisotopic (exact) mass is 391 g/mol. The van der Waals surface area contributed by atoms with Crippen molar-refractivity contribution in [2.24, 2.45) is 7.05 Å². The molecular formula is C21H20Cl2FNO. The van der Waals surface area contributed by atoms with E-state index in [1.807, 2.05) is 12.1 Å². The van der Waals surface area contributed by atoms with E-state index < -0.39 is 6.17 Å². The SMILES string of the molecule is CC(F)c1cn(C)cc1C(=O)Cc1cccc2c1C1CCC2C1=C(Cl)Cl. The van der Waals surface area contributed by atoms with Gasteiger partial charge in [0, 0.05) is 48.8 Å². The average molecular weight is 392 g/mol. The zero-order chi connectivity index (χ0) is 18.6. The Bertz CT molecular complexity index is 924. The quantitative estimate of drug-likeness (QED) is 0.573. The molecule has 0 radical (unpaired) electrons. The van der Waals surface area contributed by atoms with E-state index in [0.717, 1.165) is 24.0 Å². The fourth-order valence-corrected chi connectivity index (χ4v) is 5.24. The van der Waals surface area contributed by atoms with Gasteiger partial charge in [0.2, 0.25) is 0 Å². The molecule has 4 rings (SSSR count). The lowest BCUT2D eigenvalue weighted by Gasteiger charge is -2.18. The Morgan fingerprint density at radius 3 is 2.69 bits per heavy atom. The van der Waals surface area contributed by atoms with Crippen LogP contribution in [0, 0.1) is 0 Å². The molecule has 2 nitrogen and oxygen atoms in total. The fourth-order valence-electron chi connectivity index (χ4n) is 4.71. The second kappa shape index (κ2) is 6.54. The predicted molar refractivity (Wildman–Crippen MR) is 103 cm³/mol. The number of halogens is 3. The van der Waals surface area contributed by atoms with E-state index >= 15 is 0 Å². The number of carbonyl (C=O) groups excluding carboxylic acids is 1. The molecule has 0 aliphatic heterocycles. The zero-order valence-corrected chi connectivity index (χ0v) is 16.2. The Balaban J connectivity index is 1.71. The number of carbonyl (C=O) groups is 1. The van der Waals surface area contributed by atoms with Gasteiger partial charge in [-0.2, -0.15) is 0 Å². The van der Waals surface area contributed by atoms with Crippen LogP contribution in [0.3, 0.4) is 0 Å². The van der Waals surface area contributed by atoms with E-state index in [1.165, 1.54) is 18.1 Å². The summed E-state index contributed by atoms with van der Waals surface area (Å²) >= 11 is 12.3. The van der Waals surface area contributed by atoms with E-state index in [9.17, 15) is 9.18 Å². The van der Waals surface area contributed by atoms with Gasteiger partial charge in [0.25, 0.3) is 0 Å². The molecule has 0 amide bonds. The van der Waals surface area contributed by atoms with Crippen LogP contribution in [0.1, 0.15) is 70.4 Å². The summed E-state index contributed by atoms with van der Waals surface area (Å²) in [5.74, 6) is 0.427. The van der Waals surface area contributed by atoms with Crippen molar-refractivity contribution in [3.8, 4) is 0 Å². The van der Waals surface area contributed by atoms with Crippen molar-refractivity contribution >= 4 is 29.0 Å². The summed E-state index contributed by atoms with van der Waals surface area (Å²) in [7, 11) is 1.81. The van der Waals surface area contributed by atoms with E-state index in [0.29, 0.717) is 15.6 Å². The minimum Gasteiger partial charge on any atom is -0.356 e. The number of Topliss-reactive ketones (excluding diaryl/α,β-unsaturated/α-hetero) is 1. The maximum absolute atomic E-state index is 13.9. The van der Waals surface area contributed by atoms with Gasteiger partial charge in [0.05, 0.1) is 0 Å². The summed E-state index contributed by atoms with van der Waals surface area (Å²) in [6.07, 6.45) is 4.56. The number of allylic oxidation sites excluding steroid dienone is 1. The normalized spacial score (nSPS) is 21.8. The average Bonchev–Trinajstić information content (AvgIpc) is 3.26. The van der Waals surface area contributed by atoms with Crippen molar-refractivity contribution in [2.75, 3.05) is 0 Å². The lowest BCUT2D eigenvalue weighted by molar-refractivity contribution is 0.0990. The number of benzene rings is 1. The molecule has 1 saturated carbocycles. The van der Waals surface area contributed by atoms with E-state index in [-0.39, 0.29) is 24.0 Å². The zero-order valence-electron chi connectivity index (χ0n) is 14.7. The van der Waals surface area contributed by atoms with Crippen molar-refractivity contribution in [1.29, 1.82) is 0 Å². The third kappa shape index (κ3) is 2.73. The minimum atomic E-state index is -1.17. The molecule has 136 valence electrons. The van der Waals surface area contributed by atoms with Gasteiger partial charge in [-0.1, -0.05) is 41.4 Å². The first-order chi connectivity index (χ1) is 12.4. The van der Waals surface area contributed by atoms with Crippen LogP contribution in [0.5, 0.6) is 0 Å². The largest absolute Gasteiger partial charge is 0.356 e. The summed E-state index contributed by atoms with van der Waals surface area (Å²) in [4.78, 5) is 12.9. The maximum atomic E-state index is 13.9. The molecule has 0 spiro atoms. The predicted octanol–water partition coefficient (Wildman–Crippen LogP) is 6.14. The van der Waals surface area contributed by atoms with Gasteiger partial charge in [0.15, 0.2) is 5.78 Å². The van der Waals surface area contributed by atoms with Crippen LogP contribution in [0.15, 0.2) is 40.7 Å². The second-order valence-electron chi connectivity index (χ2n) is 7.33. The van der Waals surface area contributed by atoms with Crippen molar-refractivity contribution in [3.05, 3.63) is 68.5 Å². The first-order valence-electron chi connectivity index (χ1n) is 8.88. The molecule has 2 aromatic rings. The number of rotatable bonds is 4. The molecule has 3 unspecified atom stereocenters. The van der Waals surface area contributed by atoms with Crippen LogP contribution in [-0.2, 0) is 13.5 Å². The van der Waals surface area contributed by atoms with Crippen molar-refractivity contribution in [2.45, 2.75) is 44.2 Å². The van der Waals surface area contributed by atoms with Crippen molar-refractivity contribution in [1.82, 2.24) is 4.57 Å². The van der Waals surface area contributed by atoms with Gasteiger partial charge in [-0.3, -0.25) is 4.79 Å². The molecule has 1 fully saturated rings. The maximum Gasteiger partial charge on any atom is 0.169 e. The minimum absolute atomic E-state index is 0.0521. The highest BCUT2D eigenvalue weighted by molar-refractivity contribution is 6.56. The lowest BCUT2D eigenvalue weighted by atomic mass is 9.86. The highest BCUT2D eigenvalue weighted by Crippen LogP contribution is 2.59. The molecule has 1 aromatic carbocycles. The van der Waals surface area contributed by atoms with Crippen LogP contribution < -0.4 is 0 Å². The number of fused-ring (bicyclic) bond motifs is 5. The topological polar surface area (TPSA) is 22.0 Å². The Morgan fingerprint density at radius 1 is 1.27 bits per heavy atom. The first-order valence-corrected chi connectivity index (χ1v) is 9.64. The second-order valence-corrected chi connectivity index (χ2v) is 8.28. The van der Waals surface area contributed by atoms with Gasteiger partial charge in [-0.25, -0.2) is 4.39 Å². The third-order valence-electron chi connectivity index (χ3n) is 5.73. The molecule has 5 heteroatoms. The van der Waals surface area contributed by atoms with Gasteiger partial charge in [0.1, 0.15) is 10.7 Å². The van der Waals surface area contributed by atoms with Crippen LogP contribution in [-0.4, -0.2) is 10.4 Å². The Hall–Kier alpha value is -1.58. The van der Waals surface area contributed by atoms with Crippen LogP contribution in [0.25, 0.3) is 0 Å². The number of nitrogens with zero attached hydrogens (tertiary/aromatic N) is 1. The van der Waals surface area contributed by atoms with E-state index in [2.05, 4.69) is 6.07 Å². The summed E-state index contributed by atoms with van der Waals surface area (Å²) in [6, 6.07) is 6.10. The fraction of sp³-hybridized carbons (Fsp3) is 0.381. The molecule has 1 heterocycles. The van der Waals surface area contributed by atoms with Gasteiger partial charge in [-0.15, -0.1) is 0 Å². The van der Waals surface area contributed by atoms with Gasteiger partial charge >= 0.3 is 0 Å². The molecule has 0 saturated heterocycles. The number of ketones is 1. The lowest BCUT2D eigenvalue weighted by Crippen LogP contribution is -2.10. The molecule has 3 atom stereocenters. The molecular weight excluding hydrogens is 372 g/mol. The Labute approximate surface area is 162 Å². The van der Waals surface area contributed by atoms with Crippen LogP contribution in [0.2, 0.25) is 0 Å². The smallest absolute Gasteiger partial charge is 0.169 e. The van der Waals surface area contributed by atoms with Crippen molar-refractivity contribution in [3.63, 3.8) is 0 Å². The number of aryl methyl sites for hydroxylation is 1. The molecule has 26 heavy (non-hydrogen) atoms. The van der Waals surface area contributed by atoms with Gasteiger partial charge < -0.3 is 4.57 Å². The first kappa shape index (κ1) is 17.8. The standard InChI is InChI=1S/C21H20Cl2FNO/c1-11(24)16-9-25(2)10-17(16)18(26)8-12-4-3-5-13-14-6-7-15(19(12)13)20(14)21(22)23/h3-5,9-11,14-15H,6-8H2,1-2H3. The number of alkyl halides is 1. The molecule has 2 bridgehead atoms. The highest BCUT2D eigenvalue weighted by atomic mass is 35.5. The number of aromatic nitrogens is 1. The molecule has 1 aromatic heterocycles. The van der Waals surface area contributed by atoms with Gasteiger partial charge in [-0.05, 0) is 42.0 Å². The molecule has 2 aliphatic carbocycles. The summed E-state index contributed by atoms with van der Waals surface area (Å²) in [5.41, 5.74) is 5.48. The Morgan fingerprint density at radius 2 is 2.00 bits per heavy atom. The van der Waals surface area contributed by atoms with E-state index in [4.69, 9.17) is 23.2 Å². The Kier molecular flexibility index (Phi) is 4.48. The summed E-state index contributed by atoms with van der Waals surface area (Å²) in [5, 5.41) is 0. The van der Waals surface area contributed by atoms with Crippen LogP contribution in [0.4, 0.5) is 4.39 Å². The highest BCUT2D eigenvalue weighted by Gasteiger charge is 2.44. The number of hydrogen-bond acceptors (Lipinski definition) is 1. The van der Waals surface area contributed by atoms with Crippen molar-refractivity contribution < 1.29 is 9.18 Å².